The van der Waals surface area contributed by atoms with E-state index >= 15 is 0 Å². The second-order valence-electron chi connectivity index (χ2n) is 25.9. The van der Waals surface area contributed by atoms with E-state index in [0.29, 0.717) is 25.4 Å². The molecule has 76 heavy (non-hydrogen) atoms. The van der Waals surface area contributed by atoms with Crippen LogP contribution in [0, 0.1) is 45.3 Å². The molecule has 6 heterocycles. The molecular formula is C54H86O22. The van der Waals surface area contributed by atoms with Gasteiger partial charge < -0.3 is 103 Å². The summed E-state index contributed by atoms with van der Waals surface area (Å²) in [6.45, 7) is 17.2. The summed E-state index contributed by atoms with van der Waals surface area (Å²) in [4.78, 5) is 11.9. The summed E-state index contributed by atoms with van der Waals surface area (Å²) >= 11 is 0. The van der Waals surface area contributed by atoms with Crippen molar-refractivity contribution in [3.63, 3.8) is 0 Å². The van der Waals surface area contributed by atoms with Crippen LogP contribution < -0.4 is 0 Å². The van der Waals surface area contributed by atoms with Crippen LogP contribution in [0.15, 0.2) is 11.6 Å². The van der Waals surface area contributed by atoms with Gasteiger partial charge in [0.05, 0.1) is 43.7 Å². The van der Waals surface area contributed by atoms with Crippen LogP contribution in [0.3, 0.4) is 0 Å². The molecule has 2 bridgehead atoms. The van der Waals surface area contributed by atoms with Crippen molar-refractivity contribution < 1.29 is 108 Å². The fourth-order valence-electron chi connectivity index (χ4n) is 17.1. The quantitative estimate of drug-likeness (QED) is 0.0741. The number of hydrogen-bond acceptors (Lipinski definition) is 22. The molecule has 10 fully saturated rings. The molecule has 2 spiro atoms. The topological polar surface area (TPSA) is 321 Å². The van der Waals surface area contributed by atoms with E-state index in [9.17, 15) is 55.9 Å². The Morgan fingerprint density at radius 2 is 1.33 bits per heavy atom. The van der Waals surface area contributed by atoms with E-state index in [4.69, 9.17) is 52.1 Å². The van der Waals surface area contributed by atoms with Crippen LogP contribution in [0.2, 0.25) is 0 Å². The van der Waals surface area contributed by atoms with E-state index in [0.717, 1.165) is 51.0 Å². The van der Waals surface area contributed by atoms with Crippen molar-refractivity contribution in [2.45, 2.75) is 248 Å². The van der Waals surface area contributed by atoms with Gasteiger partial charge in [-0.1, -0.05) is 39.3 Å². The Bertz CT molecular complexity index is 2130. The van der Waals surface area contributed by atoms with Gasteiger partial charge in [-0.2, -0.15) is 0 Å². The number of hydrogen-bond donors (Lipinski definition) is 10. The normalized spacial score (nSPS) is 55.6. The van der Waals surface area contributed by atoms with Crippen molar-refractivity contribution in [2.24, 2.45) is 45.3 Å². The highest BCUT2D eigenvalue weighted by Gasteiger charge is 2.81. The average molecular weight is 1090 g/mol. The third-order valence-electron chi connectivity index (χ3n) is 20.7. The van der Waals surface area contributed by atoms with Crippen LogP contribution in [0.25, 0.3) is 0 Å². The van der Waals surface area contributed by atoms with Crippen LogP contribution in [0.4, 0.5) is 0 Å². The summed E-state index contributed by atoms with van der Waals surface area (Å²) < 4.78 is 69.0. The first kappa shape index (κ1) is 57.6. The molecule has 6 saturated heterocycles. The lowest BCUT2D eigenvalue weighted by molar-refractivity contribution is -0.399. The van der Waals surface area contributed by atoms with Gasteiger partial charge >= 0.3 is 5.97 Å². The average Bonchev–Trinajstić information content (AvgIpc) is 3.87. The first-order valence-electron chi connectivity index (χ1n) is 27.7. The number of carbonyl (C=O) groups excluding carboxylic acids is 1. The molecule has 0 aromatic heterocycles. The summed E-state index contributed by atoms with van der Waals surface area (Å²) in [5.74, 6) is -1.01. The van der Waals surface area contributed by atoms with Crippen molar-refractivity contribution in [1.82, 2.24) is 0 Å². The summed E-state index contributed by atoms with van der Waals surface area (Å²) in [5, 5.41) is 111. The number of esters is 1. The van der Waals surface area contributed by atoms with E-state index in [2.05, 4.69) is 47.6 Å². The molecule has 4 aliphatic carbocycles. The van der Waals surface area contributed by atoms with E-state index in [1.807, 2.05) is 6.92 Å². The maximum atomic E-state index is 12.3. The summed E-state index contributed by atoms with van der Waals surface area (Å²) in [6, 6.07) is 0. The van der Waals surface area contributed by atoms with Crippen LogP contribution in [-0.2, 0) is 56.9 Å². The number of fused-ring (bicyclic) bond motifs is 4. The van der Waals surface area contributed by atoms with Crippen molar-refractivity contribution in [3.8, 4) is 0 Å². The summed E-state index contributed by atoms with van der Waals surface area (Å²) in [6.07, 6.45) is -21.4. The van der Waals surface area contributed by atoms with Crippen molar-refractivity contribution >= 4 is 5.97 Å². The fraction of sp³-hybridized carbons (Fsp3) is 0.944. The first-order chi connectivity index (χ1) is 35.6. The largest absolute Gasteiger partial charge is 0.463 e. The lowest BCUT2D eigenvalue weighted by Gasteiger charge is -2.70. The van der Waals surface area contributed by atoms with Gasteiger partial charge in [-0.25, -0.2) is 0 Å². The molecule has 0 amide bonds. The number of aliphatic hydroxyl groups is 10. The molecule has 0 aromatic rings. The Labute approximate surface area is 444 Å². The van der Waals surface area contributed by atoms with Gasteiger partial charge in [-0.15, -0.1) is 0 Å². The predicted molar refractivity (Wildman–Crippen MR) is 260 cm³/mol. The molecule has 0 aromatic carbocycles. The zero-order chi connectivity index (χ0) is 55.0. The lowest BCUT2D eigenvalue weighted by Crippen LogP contribution is -2.68. The standard InChI is InChI=1S/C54H86O22/c1-23(2)16-26-17-52(9,65)44-27-10-11-32-50(7)14-13-33(49(5,6)31(50)12-15-51(32,8)53(27)21-54(44,76-26)69-22-53)72-47-43(75-46-40(64)37(61)34(58)24(3)70-46)41(29(57)19-68-47)73-48-42(74-45-39(63)35(59)28(56)18-67-45)38(62)36(60)30(71-48)20-66-25(4)55/h16,24,26-48,56-65H,10-15,17-22H2,1-9H3/t24-,26+,27?,28+,29-,30+,31-,32+,33-,34-,35-,36+,37+,38-,39+,40+,41-,42+,43+,44?,45-,46-,47-,48-,50-,51+,52?,53-,54-/m0/s1. The molecule has 10 rings (SSSR count). The van der Waals surface area contributed by atoms with Gasteiger partial charge in [0.2, 0.25) is 0 Å². The highest BCUT2D eigenvalue weighted by molar-refractivity contribution is 5.65. The van der Waals surface area contributed by atoms with Gasteiger partial charge in [-0.3, -0.25) is 4.79 Å². The zero-order valence-corrected chi connectivity index (χ0v) is 45.3. The van der Waals surface area contributed by atoms with Crippen molar-refractivity contribution in [1.29, 1.82) is 0 Å². The molecule has 6 aliphatic heterocycles. The third-order valence-corrected chi connectivity index (χ3v) is 20.7. The van der Waals surface area contributed by atoms with E-state index in [1.165, 1.54) is 6.92 Å². The number of rotatable bonds is 11. The smallest absolute Gasteiger partial charge is 0.302 e. The Kier molecular flexibility index (Phi) is 15.7. The predicted octanol–water partition coefficient (Wildman–Crippen LogP) is 0.0284. The second kappa shape index (κ2) is 20.7. The number of ether oxygens (including phenoxy) is 11. The van der Waals surface area contributed by atoms with Crippen LogP contribution in [0.5, 0.6) is 0 Å². The first-order valence-corrected chi connectivity index (χ1v) is 27.7. The minimum absolute atomic E-state index is 0.120. The third kappa shape index (κ3) is 9.38. The minimum Gasteiger partial charge on any atom is -0.463 e. The molecule has 0 radical (unpaired) electrons. The van der Waals surface area contributed by atoms with Gasteiger partial charge in [0.15, 0.2) is 30.9 Å². The van der Waals surface area contributed by atoms with Gasteiger partial charge in [0, 0.05) is 31.1 Å². The molecule has 4 saturated carbocycles. The molecular weight excluding hydrogens is 1000 g/mol. The van der Waals surface area contributed by atoms with Crippen molar-refractivity contribution in [2.75, 3.05) is 26.4 Å². The number of allylic oxidation sites excluding steroid dienone is 1. The van der Waals surface area contributed by atoms with Crippen molar-refractivity contribution in [3.05, 3.63) is 11.6 Å². The van der Waals surface area contributed by atoms with E-state index in [-0.39, 0.29) is 40.1 Å². The molecule has 22 nitrogen and oxygen atoms in total. The Morgan fingerprint density at radius 3 is 2.04 bits per heavy atom. The van der Waals surface area contributed by atoms with E-state index in [1.54, 1.807) is 0 Å². The molecule has 29 atom stereocenters. The van der Waals surface area contributed by atoms with Gasteiger partial charge in [0.1, 0.15) is 86.0 Å². The van der Waals surface area contributed by atoms with Crippen LogP contribution in [-0.4, -0.2) is 218 Å². The van der Waals surface area contributed by atoms with E-state index < -0.39 is 159 Å². The number of aliphatic hydroxyl groups excluding tert-OH is 9. The SMILES string of the molecule is CC(=O)OC[C@H]1O[C@@H](O[C@@H]2[C@@H](O[C@@H]3O[C@@H](C)[C@H](O)[C@@H](O)[C@H]3O)[C@H](O[C@H]3CC[C@]4(C)[C@H]5CCC6C7C(C)(O)C[C@@H](C=C(C)C)O[C@@]78C[C@@]6(CO8)[C@]5(C)CC[C@H]4C3(C)C)OC[C@@H]2O)[C@H](O[C@@H]2OC[C@@H](O)[C@H](O)[C@H]2O)[C@@H](O)[C@@H]1O. The maximum Gasteiger partial charge on any atom is 0.302 e. The molecule has 22 heteroatoms. The van der Waals surface area contributed by atoms with Gasteiger partial charge in [-0.05, 0) is 100 Å². The molecule has 10 aliphatic rings. The molecule has 10 N–H and O–H groups in total. The summed E-state index contributed by atoms with van der Waals surface area (Å²) in [7, 11) is 0. The molecule has 3 unspecified atom stereocenters. The minimum atomic E-state index is -1.91. The Balaban J connectivity index is 0.927. The summed E-state index contributed by atoms with van der Waals surface area (Å²) in [5.41, 5.74) is -0.785. The number of carbonyl (C=O) groups is 1. The van der Waals surface area contributed by atoms with Gasteiger partial charge in [0.25, 0.3) is 0 Å². The molecule has 434 valence electrons. The fourth-order valence-corrected chi connectivity index (χ4v) is 17.1. The maximum absolute atomic E-state index is 12.3. The lowest BCUT2D eigenvalue weighted by atomic mass is 9.35. The second-order valence-corrected chi connectivity index (χ2v) is 25.9. The zero-order valence-electron chi connectivity index (χ0n) is 45.3. The highest BCUT2D eigenvalue weighted by Crippen LogP contribution is 2.80. The van der Waals surface area contributed by atoms with Crippen LogP contribution >= 0.6 is 0 Å². The highest BCUT2D eigenvalue weighted by atomic mass is 16.8. The van der Waals surface area contributed by atoms with Crippen LogP contribution in [0.1, 0.15) is 114 Å². The Hall–Kier alpha value is -1.59. The monoisotopic (exact) mass is 1090 g/mol. The Morgan fingerprint density at radius 1 is 0.658 bits per heavy atom.